The summed E-state index contributed by atoms with van der Waals surface area (Å²) in [4.78, 5) is -0.705. The molecule has 1 aromatic rings. The Hall–Kier alpha value is -1.09. The predicted octanol–water partition coefficient (Wildman–Crippen LogP) is 0.735. The minimum absolute atomic E-state index is 0.0226. The van der Waals surface area contributed by atoms with E-state index in [0.29, 0.717) is 6.07 Å². The second kappa shape index (κ2) is 5.72. The maximum Gasteiger partial charge on any atom is 0.246 e. The first-order valence-corrected chi connectivity index (χ1v) is 7.50. The van der Waals surface area contributed by atoms with E-state index in [1.807, 2.05) is 0 Å². The van der Waals surface area contributed by atoms with Gasteiger partial charge in [0.25, 0.3) is 0 Å². The Kier molecular flexibility index (Phi) is 4.38. The van der Waals surface area contributed by atoms with Gasteiger partial charge in [-0.25, -0.2) is 17.2 Å². The topological polar surface area (TPSA) is 66.8 Å². The van der Waals surface area contributed by atoms with E-state index in [4.69, 9.17) is 9.84 Å². The molecule has 1 aromatic carbocycles. The number of benzene rings is 1. The van der Waals surface area contributed by atoms with Crippen molar-refractivity contribution < 1.29 is 27.0 Å². The molecule has 0 bridgehead atoms. The zero-order valence-electron chi connectivity index (χ0n) is 10.8. The molecule has 8 heteroatoms. The van der Waals surface area contributed by atoms with Crippen LogP contribution in [-0.4, -0.2) is 49.7 Å². The van der Waals surface area contributed by atoms with Gasteiger partial charge >= 0.3 is 0 Å². The van der Waals surface area contributed by atoms with Gasteiger partial charge in [-0.1, -0.05) is 0 Å². The molecule has 1 aliphatic rings. The maximum absolute atomic E-state index is 13.6. The molecular formula is C12H15F2NO4S. The van der Waals surface area contributed by atoms with Crippen LogP contribution >= 0.6 is 0 Å². The number of aliphatic hydroxyl groups excluding tert-OH is 1. The van der Waals surface area contributed by atoms with Crippen LogP contribution in [0.5, 0.6) is 0 Å². The first-order valence-electron chi connectivity index (χ1n) is 6.06. The molecule has 112 valence electrons. The summed E-state index contributed by atoms with van der Waals surface area (Å²) < 4.78 is 57.8. The Morgan fingerprint density at radius 3 is 2.75 bits per heavy atom. The number of sulfonamides is 1. The molecule has 1 aliphatic heterocycles. The number of hydrogen-bond acceptors (Lipinski definition) is 4. The standard InChI is InChI=1S/C12H15F2NO4S/c1-8-5-15(6-10(7-16)19-8)20(17,18)12-4-9(13)2-3-11(12)14/h2-4,8,10,16H,5-7H2,1H3. The maximum atomic E-state index is 13.6. The van der Waals surface area contributed by atoms with Gasteiger partial charge in [-0.2, -0.15) is 4.31 Å². The predicted molar refractivity (Wildman–Crippen MR) is 66.5 cm³/mol. The van der Waals surface area contributed by atoms with Crippen molar-refractivity contribution in [3.05, 3.63) is 29.8 Å². The third kappa shape index (κ3) is 2.98. The molecule has 1 saturated heterocycles. The lowest BCUT2D eigenvalue weighted by atomic mass is 10.2. The van der Waals surface area contributed by atoms with Crippen LogP contribution in [-0.2, 0) is 14.8 Å². The van der Waals surface area contributed by atoms with E-state index < -0.39 is 38.8 Å². The number of halogens is 2. The number of hydrogen-bond donors (Lipinski definition) is 1. The molecular weight excluding hydrogens is 292 g/mol. The van der Waals surface area contributed by atoms with E-state index in [9.17, 15) is 17.2 Å². The van der Waals surface area contributed by atoms with Gasteiger partial charge in [0, 0.05) is 13.1 Å². The first kappa shape index (κ1) is 15.3. The van der Waals surface area contributed by atoms with E-state index in [2.05, 4.69) is 0 Å². The fourth-order valence-corrected chi connectivity index (χ4v) is 3.74. The summed E-state index contributed by atoms with van der Waals surface area (Å²) in [5, 5.41) is 9.08. The number of nitrogens with zero attached hydrogens (tertiary/aromatic N) is 1. The molecule has 2 unspecified atom stereocenters. The van der Waals surface area contributed by atoms with Gasteiger partial charge < -0.3 is 9.84 Å². The van der Waals surface area contributed by atoms with Crippen LogP contribution < -0.4 is 0 Å². The fourth-order valence-electron chi connectivity index (χ4n) is 2.11. The highest BCUT2D eigenvalue weighted by atomic mass is 32.2. The van der Waals surface area contributed by atoms with E-state index in [1.165, 1.54) is 0 Å². The molecule has 1 N–H and O–H groups in total. The second-order valence-corrected chi connectivity index (χ2v) is 6.55. The van der Waals surface area contributed by atoms with Crippen LogP contribution in [0.4, 0.5) is 8.78 Å². The Bertz CT molecular complexity index is 593. The third-order valence-electron chi connectivity index (χ3n) is 3.01. The molecule has 0 aromatic heterocycles. The highest BCUT2D eigenvalue weighted by molar-refractivity contribution is 7.89. The van der Waals surface area contributed by atoms with Gasteiger partial charge in [0.15, 0.2) is 0 Å². The molecule has 20 heavy (non-hydrogen) atoms. The number of ether oxygens (including phenoxy) is 1. The van der Waals surface area contributed by atoms with Crippen molar-refractivity contribution in [2.24, 2.45) is 0 Å². The van der Waals surface area contributed by atoms with Crippen LogP contribution in [0.2, 0.25) is 0 Å². The SMILES string of the molecule is CC1CN(S(=O)(=O)c2cc(F)ccc2F)CC(CO)O1. The van der Waals surface area contributed by atoms with Crippen LogP contribution in [0.25, 0.3) is 0 Å². The van der Waals surface area contributed by atoms with Gasteiger partial charge in [-0.3, -0.25) is 0 Å². The molecule has 2 atom stereocenters. The normalized spacial score (nSPS) is 24.8. The number of rotatable bonds is 3. The Balaban J connectivity index is 2.36. The van der Waals surface area contributed by atoms with E-state index in [1.54, 1.807) is 6.92 Å². The first-order chi connectivity index (χ1) is 9.34. The molecule has 0 aliphatic carbocycles. The Morgan fingerprint density at radius 2 is 2.10 bits per heavy atom. The van der Waals surface area contributed by atoms with E-state index >= 15 is 0 Å². The molecule has 5 nitrogen and oxygen atoms in total. The van der Waals surface area contributed by atoms with Gasteiger partial charge in [-0.05, 0) is 25.1 Å². The molecule has 0 radical (unpaired) electrons. The summed E-state index contributed by atoms with van der Waals surface area (Å²) in [6.07, 6.45) is -1.11. The molecule has 0 spiro atoms. The Morgan fingerprint density at radius 1 is 1.40 bits per heavy atom. The smallest absolute Gasteiger partial charge is 0.246 e. The number of aliphatic hydroxyl groups is 1. The Labute approximate surface area is 115 Å². The molecule has 0 amide bonds. The summed E-state index contributed by atoms with van der Waals surface area (Å²) in [6.45, 7) is 1.22. The highest BCUT2D eigenvalue weighted by Crippen LogP contribution is 2.23. The van der Waals surface area contributed by atoms with Gasteiger partial charge in [0.2, 0.25) is 10.0 Å². The van der Waals surface area contributed by atoms with Crippen LogP contribution in [0.15, 0.2) is 23.1 Å². The largest absolute Gasteiger partial charge is 0.394 e. The van der Waals surface area contributed by atoms with Crippen molar-refractivity contribution in [2.75, 3.05) is 19.7 Å². The third-order valence-corrected chi connectivity index (χ3v) is 4.85. The minimum atomic E-state index is -4.16. The van der Waals surface area contributed by atoms with Crippen LogP contribution in [0.3, 0.4) is 0 Å². The molecule has 2 rings (SSSR count). The van der Waals surface area contributed by atoms with Crippen molar-refractivity contribution in [3.8, 4) is 0 Å². The summed E-state index contributed by atoms with van der Waals surface area (Å²) in [5.74, 6) is -1.84. The fraction of sp³-hybridized carbons (Fsp3) is 0.500. The minimum Gasteiger partial charge on any atom is -0.394 e. The quantitative estimate of drug-likeness (QED) is 0.894. The van der Waals surface area contributed by atoms with Crippen LogP contribution in [0.1, 0.15) is 6.92 Å². The van der Waals surface area contributed by atoms with Crippen molar-refractivity contribution in [3.63, 3.8) is 0 Å². The summed E-state index contributed by atoms with van der Waals surface area (Å²) in [6, 6.07) is 2.28. The van der Waals surface area contributed by atoms with Gasteiger partial charge in [0.1, 0.15) is 16.5 Å². The van der Waals surface area contributed by atoms with Gasteiger partial charge in [-0.15, -0.1) is 0 Å². The van der Waals surface area contributed by atoms with E-state index in [-0.39, 0.29) is 19.7 Å². The summed E-state index contributed by atoms with van der Waals surface area (Å²) in [7, 11) is -4.16. The molecule has 0 saturated carbocycles. The van der Waals surface area contributed by atoms with Crippen molar-refractivity contribution in [2.45, 2.75) is 24.0 Å². The van der Waals surface area contributed by atoms with Gasteiger partial charge in [0.05, 0.1) is 18.8 Å². The molecule has 1 heterocycles. The monoisotopic (exact) mass is 307 g/mol. The number of morpholine rings is 1. The molecule has 1 fully saturated rings. The highest BCUT2D eigenvalue weighted by Gasteiger charge is 2.35. The lowest BCUT2D eigenvalue weighted by Crippen LogP contribution is -2.50. The van der Waals surface area contributed by atoms with Crippen molar-refractivity contribution in [1.29, 1.82) is 0 Å². The average molecular weight is 307 g/mol. The summed E-state index contributed by atoms with van der Waals surface area (Å²) in [5.41, 5.74) is 0. The van der Waals surface area contributed by atoms with Crippen LogP contribution in [0, 0.1) is 11.6 Å². The lowest BCUT2D eigenvalue weighted by molar-refractivity contribution is -0.0750. The van der Waals surface area contributed by atoms with Crippen molar-refractivity contribution in [1.82, 2.24) is 4.31 Å². The summed E-state index contributed by atoms with van der Waals surface area (Å²) >= 11 is 0. The van der Waals surface area contributed by atoms with E-state index in [0.717, 1.165) is 16.4 Å². The zero-order chi connectivity index (χ0) is 14.9. The average Bonchev–Trinajstić information content (AvgIpc) is 2.40. The second-order valence-electron chi connectivity index (χ2n) is 4.65. The van der Waals surface area contributed by atoms with Crippen molar-refractivity contribution >= 4 is 10.0 Å². The zero-order valence-corrected chi connectivity index (χ0v) is 11.6. The lowest BCUT2D eigenvalue weighted by Gasteiger charge is -2.35.